The van der Waals surface area contributed by atoms with Gasteiger partial charge in [-0.25, -0.2) is 0 Å². The molecule has 2 aromatic heterocycles. The van der Waals surface area contributed by atoms with Crippen LogP contribution in [0.4, 0.5) is 0 Å². The van der Waals surface area contributed by atoms with Gasteiger partial charge < -0.3 is 0 Å². The molecule has 0 radical (unpaired) electrons. The van der Waals surface area contributed by atoms with Crippen LogP contribution in [0.25, 0.3) is 0 Å². The van der Waals surface area contributed by atoms with Gasteiger partial charge >= 0.3 is 228 Å². The van der Waals surface area contributed by atoms with Crippen molar-refractivity contribution in [3.05, 3.63) is 48.6 Å². The molecule has 0 N–H and O–H groups in total. The van der Waals surface area contributed by atoms with Crippen molar-refractivity contribution in [2.24, 2.45) is 5.41 Å². The molecule has 0 bridgehead atoms. The first-order valence-electron chi connectivity index (χ1n) is 15.2. The van der Waals surface area contributed by atoms with Gasteiger partial charge in [0.15, 0.2) is 0 Å². The normalized spacial score (nSPS) is 64.3. The van der Waals surface area contributed by atoms with E-state index in [1.54, 1.807) is 0 Å². The van der Waals surface area contributed by atoms with Crippen LogP contribution in [0.1, 0.15) is 73.7 Å². The van der Waals surface area contributed by atoms with Gasteiger partial charge in [-0.2, -0.15) is 0 Å². The minimum atomic E-state index is -4.26. The van der Waals surface area contributed by atoms with Crippen LogP contribution in [0.3, 0.4) is 0 Å². The summed E-state index contributed by atoms with van der Waals surface area (Å²) in [6.07, 6.45) is 13.3. The summed E-state index contributed by atoms with van der Waals surface area (Å²) in [7, 11) is 3.39. The van der Waals surface area contributed by atoms with Crippen molar-refractivity contribution < 1.29 is 6.51 Å². The molecular formula is C32H44FeN4P2. The van der Waals surface area contributed by atoms with Crippen molar-refractivity contribution >= 4 is 17.2 Å². The zero-order valence-corrected chi connectivity index (χ0v) is 28.0. The van der Waals surface area contributed by atoms with Gasteiger partial charge in [-0.1, -0.05) is 0 Å². The average Bonchev–Trinajstić information content (AvgIpc) is 3.80. The van der Waals surface area contributed by atoms with Gasteiger partial charge in [0.1, 0.15) is 0 Å². The summed E-state index contributed by atoms with van der Waals surface area (Å²) in [5.41, 5.74) is 2.76. The van der Waals surface area contributed by atoms with Gasteiger partial charge in [0, 0.05) is 0 Å². The number of nitrogens with zero attached hydrogens (tertiary/aromatic N) is 4. The van der Waals surface area contributed by atoms with E-state index < -0.39 is 6.51 Å². The molecule has 0 aromatic carbocycles. The first-order chi connectivity index (χ1) is 17.9. The summed E-state index contributed by atoms with van der Waals surface area (Å²) in [6, 6.07) is 0. The van der Waals surface area contributed by atoms with E-state index in [4.69, 9.17) is 19.9 Å². The van der Waals surface area contributed by atoms with E-state index in [2.05, 4.69) is 83.9 Å². The van der Waals surface area contributed by atoms with Crippen LogP contribution in [0, 0.1) is 5.41 Å². The Morgan fingerprint density at radius 3 is 1.54 bits per heavy atom. The Bertz CT molecular complexity index is 1920. The summed E-state index contributed by atoms with van der Waals surface area (Å²) in [6.45, 7) is 19.2. The molecule has 12 heterocycles. The van der Waals surface area contributed by atoms with E-state index in [1.807, 2.05) is 24.8 Å². The molecule has 10 saturated heterocycles. The average molecular weight is 603 g/mol. The Kier molecular flexibility index (Phi) is 1.75. The first-order valence-corrected chi connectivity index (χ1v) is 23.4. The molecule has 10 aliphatic rings. The first kappa shape index (κ1) is 22.1. The molecule has 0 aliphatic carbocycles. The standard InChI is InChI=1S/C27H39N4P2.C5H5.Fe/c1-24(2,3)20-14-19(18-33(25(4,5)6)26(7,8)9)21(15-20)27(32,22-16-28-10-12-30-22)23-17-29-11-13-31-23;1-2-4-5-3-1;/h10-17H,18,32H2,1-9H3;1-5H;. The van der Waals surface area contributed by atoms with Crippen molar-refractivity contribution in [3.8, 4) is 0 Å². The topological polar surface area (TPSA) is 51.6 Å². The molecule has 7 heteroatoms. The van der Waals surface area contributed by atoms with Crippen LogP contribution in [0.5, 0.6) is 0 Å². The van der Waals surface area contributed by atoms with Gasteiger partial charge in [-0.05, 0) is 0 Å². The van der Waals surface area contributed by atoms with Crippen LogP contribution < -0.4 is 0 Å². The third-order valence-corrected chi connectivity index (χ3v) is 71.0. The van der Waals surface area contributed by atoms with Crippen LogP contribution >= 0.6 is 17.2 Å². The van der Waals surface area contributed by atoms with Gasteiger partial charge in [-0.3, -0.25) is 0 Å². The molecule has 10 fully saturated rings. The number of aromatic nitrogens is 4. The fraction of sp³-hybridized carbons (Fsp3) is 0.750. The molecule has 2 aromatic rings. The van der Waals surface area contributed by atoms with Gasteiger partial charge in [0.25, 0.3) is 0 Å². The van der Waals surface area contributed by atoms with E-state index in [9.17, 15) is 0 Å². The maximum absolute atomic E-state index is 5.19. The van der Waals surface area contributed by atoms with Crippen molar-refractivity contribution in [3.63, 3.8) is 0 Å². The predicted octanol–water partition coefficient (Wildman–Crippen LogP) is 9.01. The Morgan fingerprint density at radius 2 is 1.21 bits per heavy atom. The van der Waals surface area contributed by atoms with E-state index in [-0.39, 0.29) is 13.1 Å². The summed E-state index contributed by atoms with van der Waals surface area (Å²) >= 11 is 0. The summed E-state index contributed by atoms with van der Waals surface area (Å²) in [5, 5.41) is 0.454. The quantitative estimate of drug-likeness (QED) is 0.253. The second-order valence-electron chi connectivity index (χ2n) is 20.2. The summed E-state index contributed by atoms with van der Waals surface area (Å²) in [4.78, 5) is 27.7. The molecule has 12 rings (SSSR count). The molecule has 6 unspecified atom stereocenters. The van der Waals surface area contributed by atoms with Crippen LogP contribution in [0.15, 0.2) is 37.2 Å². The Balaban J connectivity index is 1.24. The van der Waals surface area contributed by atoms with Crippen LogP contribution in [0.2, 0.25) is 46.7 Å². The zero-order valence-electron chi connectivity index (χ0n) is 24.9. The van der Waals surface area contributed by atoms with Crippen molar-refractivity contribution in [2.45, 2.75) is 124 Å². The number of rotatable bonds is 5. The van der Waals surface area contributed by atoms with Gasteiger partial charge in [0.2, 0.25) is 0 Å². The maximum atomic E-state index is 5.19. The molecule has 0 saturated carbocycles. The second kappa shape index (κ2) is 3.08. The zero-order chi connectivity index (χ0) is 27.4. The predicted molar refractivity (Wildman–Crippen MR) is 160 cm³/mol. The molecular weight excluding hydrogens is 558 g/mol. The molecule has 6 atom stereocenters. The van der Waals surface area contributed by atoms with E-state index in [0.717, 1.165) is 33.7 Å². The van der Waals surface area contributed by atoms with Crippen molar-refractivity contribution in [2.75, 3.05) is 6.16 Å². The van der Waals surface area contributed by atoms with E-state index in [1.165, 1.54) is 17.5 Å². The minimum absolute atomic E-state index is 0.170. The number of fused-ring (bicyclic) bond motifs is 10. The fourth-order valence-corrected chi connectivity index (χ4v) is 117. The monoisotopic (exact) mass is 602 g/mol. The molecule has 10 aliphatic heterocycles. The molecule has 4 nitrogen and oxygen atoms in total. The Morgan fingerprint density at radius 1 is 0.744 bits per heavy atom. The second-order valence-corrected chi connectivity index (χ2v) is 47.9. The summed E-state index contributed by atoms with van der Waals surface area (Å²) in [5.74, 6) is 0. The molecule has 1 spiro atoms. The third kappa shape index (κ3) is 0.518. The Labute approximate surface area is 227 Å². The molecule has 0 amide bonds. The fourth-order valence-electron chi connectivity index (χ4n) is 24.3. The SMILES string of the molecule is CC(C)(C)P(C[C]12[CH]3[C]4(C(C)(C)C)[CH]5[C]1(C(P)(c1cnccn1)c1cnccn1)[Fe]35241678[CH]2[CH]1[CH]6[CH]7[CH]28)C(C)(C)C. The molecule has 39 heavy (non-hydrogen) atoms. The number of hydrogen-bond donors (Lipinski definition) is 0. The van der Waals surface area contributed by atoms with Gasteiger partial charge in [-0.15, -0.1) is 0 Å². The third-order valence-electron chi connectivity index (χ3n) is 20.9. The Hall–Kier alpha value is -0.461. The van der Waals surface area contributed by atoms with Crippen molar-refractivity contribution in [1.29, 1.82) is 0 Å². The van der Waals surface area contributed by atoms with Gasteiger partial charge in [0.05, 0.1) is 0 Å². The van der Waals surface area contributed by atoms with Crippen LogP contribution in [-0.4, -0.2) is 36.4 Å². The molecule has 210 valence electrons. The summed E-state index contributed by atoms with van der Waals surface area (Å²) < 4.78 is 1.73. The van der Waals surface area contributed by atoms with Crippen LogP contribution in [-0.2, 0) is 11.7 Å². The van der Waals surface area contributed by atoms with Crippen molar-refractivity contribution in [1.82, 2.24) is 19.9 Å². The van der Waals surface area contributed by atoms with E-state index in [0.29, 0.717) is 28.7 Å². The van der Waals surface area contributed by atoms with E-state index >= 15 is 0 Å². The number of hydrogen-bond acceptors (Lipinski definition) is 4.